The summed E-state index contributed by atoms with van der Waals surface area (Å²) < 4.78 is 0. The molecule has 0 amide bonds. The van der Waals surface area contributed by atoms with Gasteiger partial charge in [-0.3, -0.25) is 0 Å². The Labute approximate surface area is 371 Å². The van der Waals surface area contributed by atoms with E-state index in [1.54, 1.807) is 0 Å². The van der Waals surface area contributed by atoms with Crippen LogP contribution in [-0.2, 0) is 10.8 Å². The van der Waals surface area contributed by atoms with Gasteiger partial charge in [-0.1, -0.05) is 201 Å². The smallest absolute Gasteiger partial charge is 0.0714 e. The van der Waals surface area contributed by atoms with E-state index in [-0.39, 0.29) is 5.41 Å². The summed E-state index contributed by atoms with van der Waals surface area (Å²) >= 11 is 0. The molecule has 1 spiro atoms. The maximum Gasteiger partial charge on any atom is 0.0714 e. The molecule has 1 heteroatoms. The fourth-order valence-electron chi connectivity index (χ4n) is 12.6. The highest BCUT2D eigenvalue weighted by molar-refractivity contribution is 5.92. The number of fused-ring (bicyclic) bond motifs is 11. The van der Waals surface area contributed by atoms with Gasteiger partial charge in [-0.05, 0) is 122 Å². The van der Waals surface area contributed by atoms with Gasteiger partial charge in [0.25, 0.3) is 0 Å². The standard InChI is InChI=1S/C62H47N/c1-3-18-45(19-4-1)62(46-20-5-2-6-21-46)57-27-13-10-25-53(57)55-36-33-48(41-59(55)62)63(47-32-35-50-43(39-47)30-29-42-17-7-8-22-49(42)50)60-28-14-11-23-51(60)44-31-34-54-52-24-9-12-26-56(52)61(58(54)40-44)37-15-16-38-61/h1-14,17-36,39-41,49-50H,15-16,37-38H2/t49?,50-/m1/s1. The van der Waals surface area contributed by atoms with Gasteiger partial charge >= 0.3 is 0 Å². The maximum atomic E-state index is 2.56. The van der Waals surface area contributed by atoms with Crippen LogP contribution in [0.15, 0.2) is 241 Å². The first-order valence-corrected chi connectivity index (χ1v) is 22.9. The number of allylic oxidation sites excluding steroid dienone is 11. The Morgan fingerprint density at radius 1 is 0.444 bits per heavy atom. The van der Waals surface area contributed by atoms with E-state index in [9.17, 15) is 0 Å². The average molecular weight is 806 g/mol. The molecular formula is C62H47N. The van der Waals surface area contributed by atoms with Crippen molar-refractivity contribution in [2.45, 2.75) is 36.5 Å². The molecule has 6 aliphatic rings. The molecule has 2 atom stereocenters. The van der Waals surface area contributed by atoms with Crippen LogP contribution in [0.4, 0.5) is 11.4 Å². The highest BCUT2D eigenvalue weighted by atomic mass is 15.1. The highest BCUT2D eigenvalue weighted by Crippen LogP contribution is 2.59. The molecule has 300 valence electrons. The molecule has 0 N–H and O–H groups in total. The van der Waals surface area contributed by atoms with E-state index in [0.717, 1.165) is 5.69 Å². The van der Waals surface area contributed by atoms with E-state index in [4.69, 9.17) is 0 Å². The normalized spacial score (nSPS) is 19.8. The van der Waals surface area contributed by atoms with Crippen molar-refractivity contribution in [1.82, 2.24) is 0 Å². The SMILES string of the molecule is C1=CC2=CC=C3C=C(N(c4ccc5c(c4)C(c4ccccc4)(c4ccccc4)c4ccccc4-5)c4ccccc4-c4ccc5c(c4)C4(CCCC4)c4ccccc4-5)C=C[C@H]3C2C=C1. The van der Waals surface area contributed by atoms with Gasteiger partial charge < -0.3 is 4.90 Å². The average Bonchev–Trinajstić information content (AvgIpc) is 4.05. The Morgan fingerprint density at radius 2 is 1.05 bits per heavy atom. The van der Waals surface area contributed by atoms with E-state index in [1.165, 1.54) is 115 Å². The van der Waals surface area contributed by atoms with E-state index >= 15 is 0 Å². The number of rotatable bonds is 6. The monoisotopic (exact) mass is 805 g/mol. The summed E-state index contributed by atoms with van der Waals surface area (Å²) in [6.45, 7) is 0. The third kappa shape index (κ3) is 5.29. The van der Waals surface area contributed by atoms with Gasteiger partial charge in [0.1, 0.15) is 0 Å². The van der Waals surface area contributed by atoms with Crippen molar-refractivity contribution in [1.29, 1.82) is 0 Å². The van der Waals surface area contributed by atoms with Gasteiger partial charge in [0, 0.05) is 34.2 Å². The summed E-state index contributed by atoms with van der Waals surface area (Å²) in [6, 6.07) is 64.4. The minimum absolute atomic E-state index is 0.0932. The summed E-state index contributed by atoms with van der Waals surface area (Å²) in [5.41, 5.74) is 21.9. The summed E-state index contributed by atoms with van der Waals surface area (Å²) in [4.78, 5) is 2.55. The molecule has 1 unspecified atom stereocenters. The van der Waals surface area contributed by atoms with Crippen LogP contribution in [0.25, 0.3) is 33.4 Å². The summed E-state index contributed by atoms with van der Waals surface area (Å²) in [7, 11) is 0. The lowest BCUT2D eigenvalue weighted by molar-refractivity contribution is 0.550. The molecule has 0 aliphatic heterocycles. The number of benzene rings is 7. The summed E-state index contributed by atoms with van der Waals surface area (Å²) in [6.07, 6.45) is 26.0. The Balaban J connectivity index is 1.04. The summed E-state index contributed by atoms with van der Waals surface area (Å²) in [5, 5.41) is 0. The van der Waals surface area contributed by atoms with Gasteiger partial charge in [0.2, 0.25) is 0 Å². The Bertz CT molecular complexity index is 3140. The second kappa shape index (κ2) is 14.2. The number of anilines is 2. The fraction of sp³-hybridized carbons (Fsp3) is 0.129. The predicted molar refractivity (Wildman–Crippen MR) is 261 cm³/mol. The highest BCUT2D eigenvalue weighted by Gasteiger charge is 2.47. The van der Waals surface area contributed by atoms with Crippen molar-refractivity contribution in [3.05, 3.63) is 275 Å². The van der Waals surface area contributed by atoms with E-state index in [1.807, 2.05) is 0 Å². The summed E-state index contributed by atoms with van der Waals surface area (Å²) in [5.74, 6) is 0.644. The lowest BCUT2D eigenvalue weighted by atomic mass is 9.67. The first-order chi connectivity index (χ1) is 31.2. The molecule has 0 bridgehead atoms. The zero-order chi connectivity index (χ0) is 41.5. The molecule has 0 aromatic heterocycles. The molecule has 7 aromatic carbocycles. The molecule has 0 saturated heterocycles. The molecule has 7 aromatic rings. The number of hydrogen-bond donors (Lipinski definition) is 0. The van der Waals surface area contributed by atoms with Crippen molar-refractivity contribution < 1.29 is 0 Å². The largest absolute Gasteiger partial charge is 0.310 e. The van der Waals surface area contributed by atoms with Crippen molar-refractivity contribution in [3.8, 4) is 33.4 Å². The Morgan fingerprint density at radius 3 is 1.83 bits per heavy atom. The first kappa shape index (κ1) is 36.4. The Hall–Kier alpha value is -7.22. The molecule has 63 heavy (non-hydrogen) atoms. The molecular weight excluding hydrogens is 759 g/mol. The van der Waals surface area contributed by atoms with Crippen LogP contribution < -0.4 is 4.90 Å². The van der Waals surface area contributed by atoms with Crippen LogP contribution in [0.1, 0.15) is 59.1 Å². The minimum Gasteiger partial charge on any atom is -0.310 e. The molecule has 1 nitrogen and oxygen atoms in total. The third-order valence-corrected chi connectivity index (χ3v) is 15.3. The second-order valence-corrected chi connectivity index (χ2v) is 18.3. The van der Waals surface area contributed by atoms with Crippen LogP contribution in [-0.4, -0.2) is 0 Å². The molecule has 1 fully saturated rings. The van der Waals surface area contributed by atoms with E-state index in [2.05, 4.69) is 229 Å². The van der Waals surface area contributed by atoms with Gasteiger partial charge in [-0.25, -0.2) is 0 Å². The Kier molecular flexibility index (Phi) is 8.19. The lowest BCUT2D eigenvalue weighted by Gasteiger charge is -2.36. The molecule has 1 saturated carbocycles. The molecule has 0 radical (unpaired) electrons. The number of para-hydroxylation sites is 1. The maximum absolute atomic E-state index is 2.56. The van der Waals surface area contributed by atoms with Crippen LogP contribution in [0.2, 0.25) is 0 Å². The van der Waals surface area contributed by atoms with Crippen LogP contribution in [0, 0.1) is 11.8 Å². The van der Waals surface area contributed by atoms with Crippen LogP contribution in [0.5, 0.6) is 0 Å². The van der Waals surface area contributed by atoms with Crippen molar-refractivity contribution in [3.63, 3.8) is 0 Å². The first-order valence-electron chi connectivity index (χ1n) is 22.9. The van der Waals surface area contributed by atoms with E-state index in [0.29, 0.717) is 11.8 Å². The second-order valence-electron chi connectivity index (χ2n) is 18.3. The molecule has 13 rings (SSSR count). The van der Waals surface area contributed by atoms with Crippen LogP contribution >= 0.6 is 0 Å². The topological polar surface area (TPSA) is 3.24 Å². The van der Waals surface area contributed by atoms with Gasteiger partial charge in [0.05, 0.1) is 11.1 Å². The van der Waals surface area contributed by atoms with Crippen molar-refractivity contribution in [2.24, 2.45) is 11.8 Å². The van der Waals surface area contributed by atoms with Crippen molar-refractivity contribution in [2.75, 3.05) is 4.90 Å². The third-order valence-electron chi connectivity index (χ3n) is 15.3. The lowest BCUT2D eigenvalue weighted by Crippen LogP contribution is -2.29. The number of nitrogens with zero attached hydrogens (tertiary/aromatic N) is 1. The van der Waals surface area contributed by atoms with E-state index < -0.39 is 5.41 Å². The van der Waals surface area contributed by atoms with Gasteiger partial charge in [-0.2, -0.15) is 0 Å². The molecule has 0 heterocycles. The van der Waals surface area contributed by atoms with Gasteiger partial charge in [0.15, 0.2) is 0 Å². The minimum atomic E-state index is -0.504. The number of hydrogen-bond acceptors (Lipinski definition) is 1. The van der Waals surface area contributed by atoms with Crippen molar-refractivity contribution >= 4 is 11.4 Å². The van der Waals surface area contributed by atoms with Crippen LogP contribution in [0.3, 0.4) is 0 Å². The quantitative estimate of drug-likeness (QED) is 0.162. The zero-order valence-corrected chi connectivity index (χ0v) is 35.3. The molecule has 6 aliphatic carbocycles. The van der Waals surface area contributed by atoms with Gasteiger partial charge in [-0.15, -0.1) is 0 Å². The zero-order valence-electron chi connectivity index (χ0n) is 35.3. The fourth-order valence-corrected chi connectivity index (χ4v) is 12.6. The predicted octanol–water partition coefficient (Wildman–Crippen LogP) is 15.4.